The molecular weight excluding hydrogens is 417 g/mol. The summed E-state index contributed by atoms with van der Waals surface area (Å²) in [5, 5.41) is 6.81. The quantitative estimate of drug-likeness (QED) is 0.412. The number of guanidine groups is 1. The Labute approximate surface area is 162 Å². The zero-order valence-corrected chi connectivity index (χ0v) is 17.6. The van der Waals surface area contributed by atoms with Gasteiger partial charge >= 0.3 is 0 Å². The van der Waals surface area contributed by atoms with Gasteiger partial charge in [0.25, 0.3) is 0 Å². The van der Waals surface area contributed by atoms with Crippen molar-refractivity contribution in [2.24, 2.45) is 16.3 Å². The van der Waals surface area contributed by atoms with Crippen LogP contribution in [0.15, 0.2) is 23.7 Å². The lowest BCUT2D eigenvalue weighted by molar-refractivity contribution is -0.0835. The third-order valence-electron chi connectivity index (χ3n) is 4.28. The molecule has 0 radical (unpaired) electrons. The average molecular weight is 449 g/mol. The molecule has 2 N–H and O–H groups in total. The van der Waals surface area contributed by atoms with Gasteiger partial charge < -0.3 is 19.9 Å². The van der Waals surface area contributed by atoms with Crippen molar-refractivity contribution in [3.63, 3.8) is 0 Å². The van der Waals surface area contributed by atoms with E-state index in [9.17, 15) is 0 Å². The Morgan fingerprint density at radius 1 is 1.38 bits per heavy atom. The molecule has 1 aromatic heterocycles. The van der Waals surface area contributed by atoms with Gasteiger partial charge in [0, 0.05) is 51.6 Å². The number of rotatable bonds is 5. The monoisotopic (exact) mass is 449 g/mol. The van der Waals surface area contributed by atoms with E-state index in [-0.39, 0.29) is 29.4 Å². The lowest BCUT2D eigenvalue weighted by Crippen LogP contribution is -2.47. The summed E-state index contributed by atoms with van der Waals surface area (Å²) in [5.41, 5.74) is 0.172. The minimum absolute atomic E-state index is 0. The summed E-state index contributed by atoms with van der Waals surface area (Å²) in [4.78, 5) is 8.35. The Morgan fingerprint density at radius 2 is 2.17 bits per heavy atom. The molecule has 0 aromatic carbocycles. The fraction of sp³-hybridized carbons (Fsp3) is 0.765. The van der Waals surface area contributed by atoms with Gasteiger partial charge in [0.15, 0.2) is 5.96 Å². The summed E-state index contributed by atoms with van der Waals surface area (Å²) >= 11 is 0. The molecule has 2 heterocycles. The minimum atomic E-state index is 0. The van der Waals surface area contributed by atoms with Crippen molar-refractivity contribution < 1.29 is 4.74 Å². The Kier molecular flexibility index (Phi) is 9.04. The Hall–Kier alpha value is -0.830. The van der Waals surface area contributed by atoms with Gasteiger partial charge in [-0.05, 0) is 18.3 Å². The maximum absolute atomic E-state index is 6.04. The number of hydrogen-bond acceptors (Lipinski definition) is 3. The smallest absolute Gasteiger partial charge is 0.191 e. The van der Waals surface area contributed by atoms with Crippen molar-refractivity contribution in [1.82, 2.24) is 20.2 Å². The van der Waals surface area contributed by atoms with Crippen LogP contribution in [0.3, 0.4) is 0 Å². The second kappa shape index (κ2) is 10.2. The summed E-state index contributed by atoms with van der Waals surface area (Å²) in [7, 11) is 1.81. The van der Waals surface area contributed by atoms with E-state index in [0.29, 0.717) is 12.0 Å². The van der Waals surface area contributed by atoms with Crippen LogP contribution in [0.2, 0.25) is 0 Å². The second-order valence-electron chi connectivity index (χ2n) is 7.24. The predicted molar refractivity (Wildman–Crippen MR) is 109 cm³/mol. The maximum atomic E-state index is 6.04. The number of imidazole rings is 1. The first kappa shape index (κ1) is 21.2. The highest BCUT2D eigenvalue weighted by Crippen LogP contribution is 2.33. The van der Waals surface area contributed by atoms with Gasteiger partial charge in [0.1, 0.15) is 0 Å². The average Bonchev–Trinajstić information content (AvgIpc) is 3.03. The fourth-order valence-corrected chi connectivity index (χ4v) is 3.18. The first-order valence-corrected chi connectivity index (χ1v) is 8.52. The Balaban J connectivity index is 0.00000288. The van der Waals surface area contributed by atoms with E-state index in [4.69, 9.17) is 4.74 Å². The SMILES string of the molecule is CN=C(NCCn1ccnc1)NCC1CCCOC1C(C)(C)C.I. The van der Waals surface area contributed by atoms with E-state index in [1.54, 1.807) is 6.20 Å². The summed E-state index contributed by atoms with van der Waals surface area (Å²) in [5.74, 6) is 1.37. The zero-order valence-electron chi connectivity index (χ0n) is 15.3. The van der Waals surface area contributed by atoms with E-state index in [2.05, 4.69) is 41.4 Å². The molecule has 2 atom stereocenters. The summed E-state index contributed by atoms with van der Waals surface area (Å²) < 4.78 is 8.09. The van der Waals surface area contributed by atoms with Crippen LogP contribution in [0.1, 0.15) is 33.6 Å². The van der Waals surface area contributed by atoms with E-state index in [1.807, 2.05) is 24.1 Å². The largest absolute Gasteiger partial charge is 0.377 e. The Morgan fingerprint density at radius 3 is 2.79 bits per heavy atom. The molecule has 0 bridgehead atoms. The van der Waals surface area contributed by atoms with Crippen molar-refractivity contribution >= 4 is 29.9 Å². The van der Waals surface area contributed by atoms with Crippen LogP contribution in [0.25, 0.3) is 0 Å². The van der Waals surface area contributed by atoms with Crippen molar-refractivity contribution in [3.8, 4) is 0 Å². The van der Waals surface area contributed by atoms with E-state index >= 15 is 0 Å². The number of nitrogens with one attached hydrogen (secondary N) is 2. The van der Waals surface area contributed by atoms with Crippen LogP contribution in [0.4, 0.5) is 0 Å². The number of hydrogen-bond donors (Lipinski definition) is 2. The molecule has 7 heteroatoms. The Bertz CT molecular complexity index is 484. The molecule has 1 fully saturated rings. The van der Waals surface area contributed by atoms with Crippen LogP contribution in [0, 0.1) is 11.3 Å². The molecule has 24 heavy (non-hydrogen) atoms. The molecule has 1 aliphatic heterocycles. The first-order valence-electron chi connectivity index (χ1n) is 8.52. The van der Waals surface area contributed by atoms with Gasteiger partial charge in [-0.1, -0.05) is 20.8 Å². The normalized spacial score (nSPS) is 21.9. The van der Waals surface area contributed by atoms with Gasteiger partial charge in [0.2, 0.25) is 0 Å². The van der Waals surface area contributed by atoms with E-state index < -0.39 is 0 Å². The number of aliphatic imine (C=N–C) groups is 1. The molecule has 1 aromatic rings. The van der Waals surface area contributed by atoms with Crippen molar-refractivity contribution in [2.75, 3.05) is 26.7 Å². The van der Waals surface area contributed by atoms with Crippen LogP contribution >= 0.6 is 24.0 Å². The molecule has 1 aliphatic rings. The highest BCUT2D eigenvalue weighted by atomic mass is 127. The number of aromatic nitrogens is 2. The van der Waals surface area contributed by atoms with Gasteiger partial charge in [0.05, 0.1) is 12.4 Å². The minimum Gasteiger partial charge on any atom is -0.377 e. The lowest BCUT2D eigenvalue weighted by atomic mass is 9.78. The molecular formula is C17H32IN5O. The molecule has 6 nitrogen and oxygen atoms in total. The zero-order chi connectivity index (χ0) is 16.7. The highest BCUT2D eigenvalue weighted by molar-refractivity contribution is 14.0. The van der Waals surface area contributed by atoms with Gasteiger partial charge in [-0.3, -0.25) is 4.99 Å². The molecule has 0 aliphatic carbocycles. The summed E-state index contributed by atoms with van der Waals surface area (Å²) in [6.45, 7) is 10.2. The summed E-state index contributed by atoms with van der Waals surface area (Å²) in [6, 6.07) is 0. The van der Waals surface area contributed by atoms with Gasteiger partial charge in [-0.2, -0.15) is 0 Å². The first-order chi connectivity index (χ1) is 11.0. The fourth-order valence-electron chi connectivity index (χ4n) is 3.18. The standard InChI is InChI=1S/C17H31N5O.HI/c1-17(2,3)15-14(6-5-11-23-15)12-21-16(18-4)20-8-10-22-9-7-19-13-22;/h7,9,13-15H,5-6,8,10-12H2,1-4H3,(H2,18,20,21);1H. The van der Waals surface area contributed by atoms with Gasteiger partial charge in [-0.25, -0.2) is 4.98 Å². The third-order valence-corrected chi connectivity index (χ3v) is 4.28. The topological polar surface area (TPSA) is 63.5 Å². The van der Waals surface area contributed by atoms with Crippen molar-refractivity contribution in [3.05, 3.63) is 18.7 Å². The van der Waals surface area contributed by atoms with Crippen LogP contribution in [-0.4, -0.2) is 48.4 Å². The predicted octanol–water partition coefficient (Wildman–Crippen LogP) is 2.51. The number of nitrogens with zero attached hydrogens (tertiary/aromatic N) is 3. The van der Waals surface area contributed by atoms with Crippen molar-refractivity contribution in [2.45, 2.75) is 46.3 Å². The molecule has 1 saturated heterocycles. The van der Waals surface area contributed by atoms with E-state index in [0.717, 1.165) is 38.6 Å². The second-order valence-corrected chi connectivity index (χ2v) is 7.24. The van der Waals surface area contributed by atoms with Gasteiger partial charge in [-0.15, -0.1) is 24.0 Å². The van der Waals surface area contributed by atoms with Crippen LogP contribution < -0.4 is 10.6 Å². The molecule has 138 valence electrons. The molecule has 2 unspecified atom stereocenters. The third kappa shape index (κ3) is 6.58. The maximum Gasteiger partial charge on any atom is 0.191 e. The highest BCUT2D eigenvalue weighted by Gasteiger charge is 2.35. The molecule has 2 rings (SSSR count). The number of ether oxygens (including phenoxy) is 1. The molecule has 0 spiro atoms. The van der Waals surface area contributed by atoms with Crippen molar-refractivity contribution in [1.29, 1.82) is 0 Å². The number of halogens is 1. The van der Waals surface area contributed by atoms with Crippen LogP contribution in [0.5, 0.6) is 0 Å². The molecule has 0 amide bonds. The summed E-state index contributed by atoms with van der Waals surface area (Å²) in [6.07, 6.45) is 8.24. The van der Waals surface area contributed by atoms with Crippen LogP contribution in [-0.2, 0) is 11.3 Å². The van der Waals surface area contributed by atoms with E-state index in [1.165, 1.54) is 6.42 Å². The lowest BCUT2D eigenvalue weighted by Gasteiger charge is -2.40. The molecule has 0 saturated carbocycles.